The van der Waals surface area contributed by atoms with Gasteiger partial charge in [-0.15, -0.1) is 0 Å². The van der Waals surface area contributed by atoms with Crippen LogP contribution in [0.2, 0.25) is 10.0 Å². The van der Waals surface area contributed by atoms with E-state index < -0.39 is 30.0 Å². The zero-order chi connectivity index (χ0) is 18.7. The molecule has 2 aromatic rings. The molecular formula is C12H10CaCl2N2O6S2. The van der Waals surface area contributed by atoms with Crippen LogP contribution in [0.4, 0.5) is 11.4 Å². The molecule has 0 unspecified atom stereocenters. The van der Waals surface area contributed by atoms with Gasteiger partial charge in [0.15, 0.2) is 0 Å². The molecule has 4 N–H and O–H groups in total. The minimum absolute atomic E-state index is 0. The van der Waals surface area contributed by atoms with Crippen molar-refractivity contribution in [1.29, 1.82) is 0 Å². The molecule has 0 heterocycles. The van der Waals surface area contributed by atoms with E-state index in [1.807, 2.05) is 0 Å². The van der Waals surface area contributed by atoms with Crippen molar-refractivity contribution < 1.29 is 25.9 Å². The third-order valence-electron chi connectivity index (χ3n) is 2.45. The van der Waals surface area contributed by atoms with Crippen LogP contribution in [0.25, 0.3) is 0 Å². The first-order valence-corrected chi connectivity index (χ1v) is 9.41. The van der Waals surface area contributed by atoms with Gasteiger partial charge < -0.3 is 20.6 Å². The van der Waals surface area contributed by atoms with Crippen LogP contribution in [0.15, 0.2) is 46.2 Å². The third kappa shape index (κ3) is 7.85. The van der Waals surface area contributed by atoms with Crippen LogP contribution < -0.4 is 11.5 Å². The second kappa shape index (κ2) is 9.58. The first-order chi connectivity index (χ1) is 10.8. The van der Waals surface area contributed by atoms with E-state index in [1.54, 1.807) is 0 Å². The predicted octanol–water partition coefficient (Wildman–Crippen LogP) is 1.27. The van der Waals surface area contributed by atoms with E-state index in [9.17, 15) is 25.9 Å². The van der Waals surface area contributed by atoms with Gasteiger partial charge in [0.05, 0.1) is 19.8 Å². The Kier molecular flexibility index (Phi) is 9.47. The Hall–Kier alpha value is -0.300. The van der Waals surface area contributed by atoms with Crippen molar-refractivity contribution in [2.75, 3.05) is 11.5 Å². The molecule has 0 aliphatic carbocycles. The van der Waals surface area contributed by atoms with Gasteiger partial charge in [-0.2, -0.15) is 0 Å². The molecule has 132 valence electrons. The average Bonchev–Trinajstić information content (AvgIpc) is 2.42. The summed E-state index contributed by atoms with van der Waals surface area (Å²) in [5.74, 6) is 0. The molecule has 0 saturated heterocycles. The van der Waals surface area contributed by atoms with E-state index in [-0.39, 0.29) is 59.2 Å². The summed E-state index contributed by atoms with van der Waals surface area (Å²) < 4.78 is 63.1. The Morgan fingerprint density at radius 1 is 0.720 bits per heavy atom. The summed E-state index contributed by atoms with van der Waals surface area (Å²) in [5.41, 5.74) is 10.9. The summed E-state index contributed by atoms with van der Waals surface area (Å²) in [7, 11) is -9.04. The van der Waals surface area contributed by atoms with Gasteiger partial charge in [-0.05, 0) is 36.4 Å². The topological polar surface area (TPSA) is 166 Å². The second-order valence-electron chi connectivity index (χ2n) is 4.29. The summed E-state index contributed by atoms with van der Waals surface area (Å²) in [4.78, 5) is -0.965. The monoisotopic (exact) mass is 452 g/mol. The maximum Gasteiger partial charge on any atom is 2.00 e. The first kappa shape index (κ1) is 24.7. The number of halogens is 2. The van der Waals surface area contributed by atoms with Crippen molar-refractivity contribution in [2.45, 2.75) is 9.79 Å². The van der Waals surface area contributed by atoms with Crippen molar-refractivity contribution in [3.8, 4) is 0 Å². The molecular weight excluding hydrogens is 443 g/mol. The van der Waals surface area contributed by atoms with Gasteiger partial charge >= 0.3 is 37.7 Å². The van der Waals surface area contributed by atoms with Crippen molar-refractivity contribution in [3.05, 3.63) is 46.4 Å². The SMILES string of the molecule is Nc1ccc(Cl)c(S(=O)(=O)[O-])c1.Nc1ccc(Cl)c(S(=O)(=O)[O-])c1.[Ca+2]. The predicted molar refractivity (Wildman–Crippen MR) is 93.4 cm³/mol. The normalized spacial score (nSPS) is 11.0. The number of hydrogen-bond donors (Lipinski definition) is 2. The maximum absolute atomic E-state index is 10.5. The van der Waals surface area contributed by atoms with Crippen molar-refractivity contribution in [1.82, 2.24) is 0 Å². The van der Waals surface area contributed by atoms with E-state index in [1.165, 1.54) is 24.3 Å². The van der Waals surface area contributed by atoms with Crippen LogP contribution >= 0.6 is 23.2 Å². The second-order valence-corrected chi connectivity index (χ2v) is 7.80. The Balaban J connectivity index is 0.000000443. The van der Waals surface area contributed by atoms with E-state index in [0.717, 1.165) is 12.1 Å². The Morgan fingerprint density at radius 2 is 1.00 bits per heavy atom. The quantitative estimate of drug-likeness (QED) is 0.389. The summed E-state index contributed by atoms with van der Waals surface area (Å²) in [6.45, 7) is 0. The zero-order valence-electron chi connectivity index (χ0n) is 12.3. The number of nitrogens with two attached hydrogens (primary N) is 2. The molecule has 2 rings (SSSR count). The smallest absolute Gasteiger partial charge is 0.744 e. The first-order valence-electron chi connectivity index (χ1n) is 5.84. The number of nitrogen functional groups attached to an aromatic ring is 2. The van der Waals surface area contributed by atoms with Crippen LogP contribution in [0.1, 0.15) is 0 Å². The van der Waals surface area contributed by atoms with E-state index >= 15 is 0 Å². The number of anilines is 2. The van der Waals surface area contributed by atoms with Gasteiger partial charge in [0, 0.05) is 11.4 Å². The number of rotatable bonds is 2. The van der Waals surface area contributed by atoms with Crippen LogP contribution in [-0.2, 0) is 20.2 Å². The molecule has 0 aliphatic heterocycles. The van der Waals surface area contributed by atoms with Crippen LogP contribution in [0.5, 0.6) is 0 Å². The minimum atomic E-state index is -4.52. The van der Waals surface area contributed by atoms with Gasteiger partial charge in [-0.3, -0.25) is 0 Å². The Morgan fingerprint density at radius 3 is 1.20 bits per heavy atom. The molecule has 0 radical (unpaired) electrons. The molecule has 8 nitrogen and oxygen atoms in total. The standard InChI is InChI=1S/2C6H6ClNO3S.Ca/c2*7-5-2-1-4(8)3-6(5)12(9,10)11;/h2*1-3H,8H2,(H,9,10,11);/q;;+2/p-2. The van der Waals surface area contributed by atoms with Crippen molar-refractivity contribution in [2.24, 2.45) is 0 Å². The molecule has 0 saturated carbocycles. The fourth-order valence-corrected chi connectivity index (χ4v) is 3.40. The van der Waals surface area contributed by atoms with Crippen LogP contribution in [-0.4, -0.2) is 63.7 Å². The molecule has 0 fully saturated rings. The molecule has 0 aromatic heterocycles. The van der Waals surface area contributed by atoms with Gasteiger partial charge in [0.2, 0.25) is 0 Å². The molecule has 2 aromatic carbocycles. The largest absolute Gasteiger partial charge is 2.00 e. The maximum atomic E-state index is 10.5. The van der Waals surface area contributed by atoms with E-state index in [4.69, 9.17) is 34.7 Å². The molecule has 0 amide bonds. The zero-order valence-corrected chi connectivity index (χ0v) is 17.7. The Bertz CT molecular complexity index is 888. The number of hydrogen-bond acceptors (Lipinski definition) is 8. The van der Waals surface area contributed by atoms with Crippen molar-refractivity contribution in [3.63, 3.8) is 0 Å². The minimum Gasteiger partial charge on any atom is -0.744 e. The fourth-order valence-electron chi connectivity index (χ4n) is 1.42. The molecule has 25 heavy (non-hydrogen) atoms. The van der Waals surface area contributed by atoms with E-state index in [2.05, 4.69) is 0 Å². The third-order valence-corrected chi connectivity index (χ3v) is 5.09. The average molecular weight is 453 g/mol. The molecule has 0 spiro atoms. The van der Waals surface area contributed by atoms with Crippen LogP contribution in [0, 0.1) is 0 Å². The fraction of sp³-hybridized carbons (Fsp3) is 0. The summed E-state index contributed by atoms with van der Waals surface area (Å²) in [6.07, 6.45) is 0. The van der Waals surface area contributed by atoms with Gasteiger partial charge in [-0.25, -0.2) is 16.8 Å². The molecule has 0 bridgehead atoms. The van der Waals surface area contributed by atoms with Gasteiger partial charge in [0.1, 0.15) is 20.2 Å². The molecule has 0 aliphatic rings. The molecule has 13 heteroatoms. The summed E-state index contributed by atoms with van der Waals surface area (Å²) >= 11 is 10.9. The summed E-state index contributed by atoms with van der Waals surface area (Å²) in [5, 5.41) is -0.224. The van der Waals surface area contributed by atoms with Gasteiger partial charge in [0.25, 0.3) is 0 Å². The van der Waals surface area contributed by atoms with Crippen molar-refractivity contribution >= 4 is 92.6 Å². The van der Waals surface area contributed by atoms with E-state index in [0.29, 0.717) is 0 Å². The summed E-state index contributed by atoms with van der Waals surface area (Å²) in [6, 6.07) is 7.42. The van der Waals surface area contributed by atoms with Crippen LogP contribution in [0.3, 0.4) is 0 Å². The molecule has 0 atom stereocenters. The number of benzene rings is 2. The van der Waals surface area contributed by atoms with Gasteiger partial charge in [-0.1, -0.05) is 23.2 Å². The Labute approximate surface area is 184 Å².